The summed E-state index contributed by atoms with van der Waals surface area (Å²) in [6, 6.07) is 7.05. The maximum Gasteiger partial charge on any atom is 0.343 e. The van der Waals surface area contributed by atoms with Gasteiger partial charge in [-0.25, -0.2) is 4.79 Å². The molecule has 174 valence electrons. The molecule has 0 radical (unpaired) electrons. The van der Waals surface area contributed by atoms with E-state index in [0.717, 1.165) is 24.7 Å². The predicted octanol–water partition coefficient (Wildman–Crippen LogP) is 7.36. The van der Waals surface area contributed by atoms with Crippen LogP contribution >= 0.6 is 0 Å². The lowest BCUT2D eigenvalue weighted by atomic mass is 9.73. The van der Waals surface area contributed by atoms with Crippen LogP contribution in [0.15, 0.2) is 33.5 Å². The van der Waals surface area contributed by atoms with Crippen molar-refractivity contribution in [3.05, 3.63) is 34.7 Å². The molecule has 4 nitrogen and oxygen atoms in total. The third kappa shape index (κ3) is 8.66. The van der Waals surface area contributed by atoms with Gasteiger partial charge in [-0.15, -0.1) is 0 Å². The van der Waals surface area contributed by atoms with Crippen LogP contribution in [0, 0.1) is 17.8 Å². The highest BCUT2D eigenvalue weighted by atomic mass is 16.5. The average molecular weight is 431 g/mol. The molecule has 3 aromatic rings. The van der Waals surface area contributed by atoms with Crippen molar-refractivity contribution in [3.8, 4) is 0 Å². The summed E-state index contributed by atoms with van der Waals surface area (Å²) in [5.41, 5.74) is 0.394. The maximum absolute atomic E-state index is 11.8. The Morgan fingerprint density at radius 1 is 1.00 bits per heavy atom. The molecule has 0 amide bonds. The van der Waals surface area contributed by atoms with E-state index in [2.05, 4.69) is 27.7 Å². The van der Waals surface area contributed by atoms with E-state index in [9.17, 15) is 9.59 Å². The summed E-state index contributed by atoms with van der Waals surface area (Å²) < 4.78 is 10.4. The topological polar surface area (TPSA) is 56.5 Å². The van der Waals surface area contributed by atoms with Gasteiger partial charge in [0.1, 0.15) is 11.7 Å². The molecule has 2 heterocycles. The van der Waals surface area contributed by atoms with Crippen molar-refractivity contribution in [2.45, 2.75) is 104 Å². The summed E-state index contributed by atoms with van der Waals surface area (Å²) in [6.07, 6.45) is 13.6. The number of fused-ring (bicyclic) bond motifs is 3. The Morgan fingerprint density at radius 2 is 1.65 bits per heavy atom. The van der Waals surface area contributed by atoms with Crippen molar-refractivity contribution in [1.82, 2.24) is 0 Å². The number of esters is 1. The van der Waals surface area contributed by atoms with Gasteiger partial charge in [-0.05, 0) is 68.2 Å². The second kappa shape index (κ2) is 13.5. The largest absolute Gasteiger partial charge is 0.462 e. The van der Waals surface area contributed by atoms with E-state index >= 15 is 0 Å². The first-order valence-electron chi connectivity index (χ1n) is 12.5. The van der Waals surface area contributed by atoms with Crippen molar-refractivity contribution in [2.24, 2.45) is 17.8 Å². The molecule has 1 aliphatic rings. The van der Waals surface area contributed by atoms with Gasteiger partial charge in [0.2, 0.25) is 0 Å². The lowest BCUT2D eigenvalue weighted by Crippen LogP contribution is -2.30. The van der Waals surface area contributed by atoms with Gasteiger partial charge in [0.05, 0.1) is 5.39 Å². The quantitative estimate of drug-likeness (QED) is 0.292. The first-order chi connectivity index (χ1) is 14.9. The number of hydrogen-bond acceptors (Lipinski definition) is 4. The Balaban J connectivity index is 0.000000309. The monoisotopic (exact) mass is 430 g/mol. The number of carbonyl (C=O) groups excluding carboxylic acids is 1. The van der Waals surface area contributed by atoms with E-state index in [0.29, 0.717) is 23.3 Å². The zero-order valence-corrected chi connectivity index (χ0v) is 20.0. The Labute approximate surface area is 188 Å². The molecule has 0 aliphatic heterocycles. The number of unbranched alkanes of at least 4 members (excludes halogenated alkanes) is 3. The highest BCUT2D eigenvalue weighted by molar-refractivity contribution is 5.69. The summed E-state index contributed by atoms with van der Waals surface area (Å²) in [5, 5.41) is 0.630. The van der Waals surface area contributed by atoms with E-state index in [1.54, 1.807) is 24.3 Å². The fraction of sp³-hybridized carbons (Fsp3) is 0.704. The summed E-state index contributed by atoms with van der Waals surface area (Å²) in [5.74, 6) is 2.20. The zero-order chi connectivity index (χ0) is 22.6. The standard InChI is InChI=1S/C20H38O2.C7H4O2/c1-5-7-9-10-18-12-14-19(15-13-18)16(3)17(4)22-20(21)11-8-6-2;8-7-5-1-3-6(9-7)4-2-5/h16-19H,5-15H2,1-4H3;1-4H. The lowest BCUT2D eigenvalue weighted by Gasteiger charge is -2.34. The minimum atomic E-state index is -0.241. The lowest BCUT2D eigenvalue weighted by molar-refractivity contribution is -0.151. The number of rotatable bonds is 10. The molecule has 2 aromatic heterocycles. The molecule has 1 fully saturated rings. The molecule has 1 saturated carbocycles. The van der Waals surface area contributed by atoms with Crippen LogP contribution in [0.1, 0.15) is 98.3 Å². The summed E-state index contributed by atoms with van der Waals surface area (Å²) in [4.78, 5) is 22.4. The van der Waals surface area contributed by atoms with Crippen LogP contribution in [0.5, 0.6) is 0 Å². The van der Waals surface area contributed by atoms with Crippen LogP contribution in [0.2, 0.25) is 0 Å². The van der Waals surface area contributed by atoms with E-state index < -0.39 is 0 Å². The van der Waals surface area contributed by atoms with E-state index in [1.165, 1.54) is 51.4 Å². The van der Waals surface area contributed by atoms with Crippen LogP contribution in [0.4, 0.5) is 0 Å². The molecule has 0 N–H and O–H groups in total. The molecule has 2 bridgehead atoms. The minimum absolute atomic E-state index is 0.00514. The van der Waals surface area contributed by atoms with Gasteiger partial charge >= 0.3 is 11.6 Å². The van der Waals surface area contributed by atoms with Gasteiger partial charge < -0.3 is 9.15 Å². The van der Waals surface area contributed by atoms with E-state index in [1.807, 2.05) is 0 Å². The first kappa shape index (κ1) is 25.4. The van der Waals surface area contributed by atoms with Gasteiger partial charge in [0, 0.05) is 6.42 Å². The molecular weight excluding hydrogens is 388 g/mol. The number of carbonyl (C=O) groups is 1. The van der Waals surface area contributed by atoms with Gasteiger partial charge in [-0.1, -0.05) is 65.7 Å². The van der Waals surface area contributed by atoms with Crippen molar-refractivity contribution in [3.63, 3.8) is 0 Å². The van der Waals surface area contributed by atoms with Crippen LogP contribution in [0.25, 0.3) is 11.0 Å². The Hall–Kier alpha value is -1.84. The molecule has 0 saturated heterocycles. The summed E-state index contributed by atoms with van der Waals surface area (Å²) >= 11 is 0. The molecule has 0 spiro atoms. The average Bonchev–Trinajstić information content (AvgIpc) is 2.79. The van der Waals surface area contributed by atoms with E-state index in [4.69, 9.17) is 9.15 Å². The van der Waals surface area contributed by atoms with E-state index in [-0.39, 0.29) is 17.7 Å². The van der Waals surface area contributed by atoms with Crippen molar-refractivity contribution >= 4 is 16.9 Å². The number of benzene rings is 1. The molecule has 1 aliphatic carbocycles. The van der Waals surface area contributed by atoms with Crippen molar-refractivity contribution in [2.75, 3.05) is 0 Å². The predicted molar refractivity (Wildman–Crippen MR) is 128 cm³/mol. The third-order valence-electron chi connectivity index (χ3n) is 6.94. The molecule has 1 aromatic carbocycles. The third-order valence-corrected chi connectivity index (χ3v) is 6.94. The number of hydrogen-bond donors (Lipinski definition) is 0. The van der Waals surface area contributed by atoms with Crippen LogP contribution < -0.4 is 5.63 Å². The minimum Gasteiger partial charge on any atom is -0.462 e. The van der Waals surface area contributed by atoms with Gasteiger partial charge in [-0.2, -0.15) is 0 Å². The van der Waals surface area contributed by atoms with Gasteiger partial charge in [0.25, 0.3) is 0 Å². The van der Waals surface area contributed by atoms with Crippen LogP contribution in [-0.4, -0.2) is 12.1 Å². The Kier molecular flexibility index (Phi) is 11.1. The zero-order valence-electron chi connectivity index (χ0n) is 20.0. The van der Waals surface area contributed by atoms with Gasteiger partial charge in [-0.3, -0.25) is 4.79 Å². The Morgan fingerprint density at radius 3 is 2.13 bits per heavy atom. The fourth-order valence-corrected chi connectivity index (χ4v) is 4.59. The maximum atomic E-state index is 11.8. The fourth-order valence-electron chi connectivity index (χ4n) is 4.59. The first-order valence-corrected chi connectivity index (χ1v) is 12.5. The molecule has 2 atom stereocenters. The number of ether oxygens (including phenoxy) is 1. The molecular formula is C27H42O4. The van der Waals surface area contributed by atoms with Crippen molar-refractivity contribution in [1.29, 1.82) is 0 Å². The van der Waals surface area contributed by atoms with Crippen LogP contribution in [0.3, 0.4) is 0 Å². The van der Waals surface area contributed by atoms with Crippen molar-refractivity contribution < 1.29 is 13.9 Å². The second-order valence-electron chi connectivity index (χ2n) is 9.35. The molecule has 2 unspecified atom stereocenters. The summed E-state index contributed by atoms with van der Waals surface area (Å²) in [6.45, 7) is 8.75. The molecule has 4 rings (SSSR count). The molecule has 31 heavy (non-hydrogen) atoms. The van der Waals surface area contributed by atoms with Crippen LogP contribution in [-0.2, 0) is 9.53 Å². The highest BCUT2D eigenvalue weighted by Gasteiger charge is 2.29. The summed E-state index contributed by atoms with van der Waals surface area (Å²) in [7, 11) is 0. The second-order valence-corrected chi connectivity index (χ2v) is 9.35. The smallest absolute Gasteiger partial charge is 0.343 e. The highest BCUT2D eigenvalue weighted by Crippen LogP contribution is 2.37. The normalized spacial score (nSPS) is 20.6. The SMILES string of the molecule is CCCCCC1CCC(C(C)C(C)OC(=O)CCCC)CC1.O=c1oc2ccc1cc2. The van der Waals surface area contributed by atoms with Gasteiger partial charge in [0.15, 0.2) is 0 Å². The Bertz CT molecular complexity index is 767. The molecule has 4 heteroatoms.